The average Bonchev–Trinajstić information content (AvgIpc) is 2.96. The predicted molar refractivity (Wildman–Crippen MR) is 85.8 cm³/mol. The van der Waals surface area contributed by atoms with Gasteiger partial charge in [-0.15, -0.1) is 0 Å². The first kappa shape index (κ1) is 15.1. The van der Waals surface area contributed by atoms with Crippen LogP contribution in [0.25, 0.3) is 0 Å². The molecule has 0 unspecified atom stereocenters. The van der Waals surface area contributed by atoms with E-state index in [2.05, 4.69) is 11.4 Å². The zero-order chi connectivity index (χ0) is 15.4. The number of aryl methyl sites for hydroxylation is 2. The van der Waals surface area contributed by atoms with Gasteiger partial charge in [-0.25, -0.2) is 0 Å². The van der Waals surface area contributed by atoms with E-state index in [1.54, 1.807) is 0 Å². The smallest absolute Gasteiger partial charge is 0.251 e. The normalized spacial score (nSPS) is 17.5. The lowest BCUT2D eigenvalue weighted by Crippen LogP contribution is -2.30. The molecule has 118 valence electrons. The maximum Gasteiger partial charge on any atom is 0.251 e. The number of likely N-dealkylation sites (tertiary alicyclic amines) is 1. The van der Waals surface area contributed by atoms with E-state index in [-0.39, 0.29) is 11.8 Å². The molecule has 3 rings (SSSR count). The number of nitrogens with zero attached hydrogens (tertiary/aromatic N) is 1. The molecular weight excluding hydrogens is 276 g/mol. The van der Waals surface area contributed by atoms with Gasteiger partial charge in [0.25, 0.3) is 5.91 Å². The van der Waals surface area contributed by atoms with Gasteiger partial charge in [-0.1, -0.05) is 6.07 Å². The van der Waals surface area contributed by atoms with Crippen molar-refractivity contribution in [3.8, 4) is 0 Å². The number of hydrogen-bond acceptors (Lipinski definition) is 2. The highest BCUT2D eigenvalue weighted by Gasteiger charge is 2.19. The molecule has 1 N–H and O–H groups in total. The summed E-state index contributed by atoms with van der Waals surface area (Å²) in [5.41, 5.74) is 3.50. The molecular formula is C18H24N2O2. The van der Waals surface area contributed by atoms with Crippen LogP contribution in [0.15, 0.2) is 18.2 Å². The lowest BCUT2D eigenvalue weighted by Gasteiger charge is -2.17. The van der Waals surface area contributed by atoms with Crippen molar-refractivity contribution in [2.24, 2.45) is 0 Å². The Morgan fingerprint density at radius 3 is 2.68 bits per heavy atom. The number of benzene rings is 1. The van der Waals surface area contributed by atoms with Gasteiger partial charge in [-0.2, -0.15) is 0 Å². The minimum atomic E-state index is 0.00104. The molecule has 1 saturated heterocycles. The van der Waals surface area contributed by atoms with E-state index >= 15 is 0 Å². The Bertz CT molecular complexity index is 568. The van der Waals surface area contributed by atoms with Crippen LogP contribution < -0.4 is 5.32 Å². The SMILES string of the molecule is O=C(NCCCN1CCCC1=O)c1ccc2c(c1)CCCC2. The van der Waals surface area contributed by atoms with Gasteiger partial charge in [0.1, 0.15) is 0 Å². The minimum Gasteiger partial charge on any atom is -0.352 e. The Morgan fingerprint density at radius 2 is 1.91 bits per heavy atom. The van der Waals surface area contributed by atoms with Crippen molar-refractivity contribution in [1.29, 1.82) is 0 Å². The number of carbonyl (C=O) groups excluding carboxylic acids is 2. The summed E-state index contributed by atoms with van der Waals surface area (Å²) in [5.74, 6) is 0.252. The molecule has 0 spiro atoms. The Morgan fingerprint density at radius 1 is 1.09 bits per heavy atom. The monoisotopic (exact) mass is 300 g/mol. The van der Waals surface area contributed by atoms with Crippen LogP contribution in [0.1, 0.15) is 53.6 Å². The molecule has 0 saturated carbocycles. The fourth-order valence-electron chi connectivity index (χ4n) is 3.39. The lowest BCUT2D eigenvalue weighted by molar-refractivity contribution is -0.127. The maximum absolute atomic E-state index is 12.2. The largest absolute Gasteiger partial charge is 0.352 e. The Kier molecular flexibility index (Phi) is 4.76. The van der Waals surface area contributed by atoms with E-state index in [0.717, 1.165) is 44.3 Å². The summed E-state index contributed by atoms with van der Waals surface area (Å²) >= 11 is 0. The topological polar surface area (TPSA) is 49.4 Å². The van der Waals surface area contributed by atoms with Crippen LogP contribution in [0.5, 0.6) is 0 Å². The Balaban J connectivity index is 1.46. The van der Waals surface area contributed by atoms with Gasteiger partial charge in [0.05, 0.1) is 0 Å². The second kappa shape index (κ2) is 6.95. The average molecular weight is 300 g/mol. The molecule has 1 aliphatic carbocycles. The van der Waals surface area contributed by atoms with E-state index in [0.29, 0.717) is 13.0 Å². The van der Waals surface area contributed by atoms with Crippen LogP contribution in [0.3, 0.4) is 0 Å². The lowest BCUT2D eigenvalue weighted by atomic mass is 9.90. The third-order valence-electron chi connectivity index (χ3n) is 4.67. The summed E-state index contributed by atoms with van der Waals surface area (Å²) < 4.78 is 0. The van der Waals surface area contributed by atoms with Gasteiger partial charge >= 0.3 is 0 Å². The van der Waals surface area contributed by atoms with Crippen molar-refractivity contribution in [2.75, 3.05) is 19.6 Å². The summed E-state index contributed by atoms with van der Waals surface area (Å²) in [5, 5.41) is 2.97. The molecule has 1 heterocycles. The van der Waals surface area contributed by atoms with E-state index in [4.69, 9.17) is 0 Å². The molecule has 1 fully saturated rings. The van der Waals surface area contributed by atoms with Crippen molar-refractivity contribution in [3.05, 3.63) is 34.9 Å². The second-order valence-electron chi connectivity index (χ2n) is 6.28. The van der Waals surface area contributed by atoms with Crippen LogP contribution in [-0.2, 0) is 17.6 Å². The first-order chi connectivity index (χ1) is 10.7. The highest BCUT2D eigenvalue weighted by Crippen LogP contribution is 2.22. The highest BCUT2D eigenvalue weighted by molar-refractivity contribution is 5.94. The number of rotatable bonds is 5. The third kappa shape index (κ3) is 3.49. The maximum atomic E-state index is 12.2. The molecule has 0 aromatic heterocycles. The van der Waals surface area contributed by atoms with Crippen LogP contribution in [0.4, 0.5) is 0 Å². The van der Waals surface area contributed by atoms with Crippen molar-refractivity contribution < 1.29 is 9.59 Å². The molecule has 1 aromatic carbocycles. The first-order valence-corrected chi connectivity index (χ1v) is 8.42. The summed E-state index contributed by atoms with van der Waals surface area (Å²) in [6, 6.07) is 6.09. The quantitative estimate of drug-likeness (QED) is 0.848. The van der Waals surface area contributed by atoms with Crippen molar-refractivity contribution in [2.45, 2.75) is 44.9 Å². The molecule has 22 heavy (non-hydrogen) atoms. The van der Waals surface area contributed by atoms with Crippen molar-refractivity contribution >= 4 is 11.8 Å². The molecule has 4 nitrogen and oxygen atoms in total. The molecule has 2 amide bonds. The molecule has 1 aromatic rings. The number of amides is 2. The van der Waals surface area contributed by atoms with Gasteiger partial charge < -0.3 is 10.2 Å². The standard InChI is InChI=1S/C18H24N2O2/c21-17-7-3-11-20(17)12-4-10-19-18(22)16-9-8-14-5-1-2-6-15(14)13-16/h8-9,13H,1-7,10-12H2,(H,19,22). The zero-order valence-electron chi connectivity index (χ0n) is 13.1. The molecule has 4 heteroatoms. The van der Waals surface area contributed by atoms with Gasteiger partial charge in [0.2, 0.25) is 5.91 Å². The summed E-state index contributed by atoms with van der Waals surface area (Å²) in [7, 11) is 0. The number of carbonyl (C=O) groups is 2. The summed E-state index contributed by atoms with van der Waals surface area (Å²) in [6.45, 7) is 2.25. The fourth-order valence-corrected chi connectivity index (χ4v) is 3.39. The van der Waals surface area contributed by atoms with Gasteiger partial charge in [0.15, 0.2) is 0 Å². The number of nitrogens with one attached hydrogen (secondary N) is 1. The van der Waals surface area contributed by atoms with Crippen LogP contribution in [0, 0.1) is 0 Å². The molecule has 0 atom stereocenters. The molecule has 0 radical (unpaired) electrons. The molecule has 1 aliphatic heterocycles. The summed E-state index contributed by atoms with van der Waals surface area (Å²) in [6.07, 6.45) is 7.19. The van der Waals surface area contributed by atoms with Crippen molar-refractivity contribution in [1.82, 2.24) is 10.2 Å². The summed E-state index contributed by atoms with van der Waals surface area (Å²) in [4.78, 5) is 25.6. The highest BCUT2D eigenvalue weighted by atomic mass is 16.2. The van der Waals surface area contributed by atoms with Crippen LogP contribution >= 0.6 is 0 Å². The van der Waals surface area contributed by atoms with Crippen LogP contribution in [-0.4, -0.2) is 36.3 Å². The van der Waals surface area contributed by atoms with E-state index < -0.39 is 0 Å². The minimum absolute atomic E-state index is 0.00104. The third-order valence-corrected chi connectivity index (χ3v) is 4.67. The van der Waals surface area contributed by atoms with E-state index in [1.165, 1.54) is 24.0 Å². The molecule has 2 aliphatic rings. The van der Waals surface area contributed by atoms with Gasteiger partial charge in [-0.3, -0.25) is 9.59 Å². The zero-order valence-corrected chi connectivity index (χ0v) is 13.1. The predicted octanol–water partition coefficient (Wildman–Crippen LogP) is 2.31. The number of fused-ring (bicyclic) bond motifs is 1. The van der Waals surface area contributed by atoms with Crippen LogP contribution in [0.2, 0.25) is 0 Å². The van der Waals surface area contributed by atoms with Gasteiger partial charge in [-0.05, 0) is 61.8 Å². The first-order valence-electron chi connectivity index (χ1n) is 8.42. The molecule has 0 bridgehead atoms. The fraction of sp³-hybridized carbons (Fsp3) is 0.556. The second-order valence-corrected chi connectivity index (χ2v) is 6.28. The van der Waals surface area contributed by atoms with E-state index in [1.807, 2.05) is 17.0 Å². The number of hydrogen-bond donors (Lipinski definition) is 1. The van der Waals surface area contributed by atoms with E-state index in [9.17, 15) is 9.59 Å². The van der Waals surface area contributed by atoms with Gasteiger partial charge in [0, 0.05) is 31.6 Å². The van der Waals surface area contributed by atoms with Crippen molar-refractivity contribution in [3.63, 3.8) is 0 Å². The Hall–Kier alpha value is -1.84. The Labute approximate surface area is 131 Å².